The summed E-state index contributed by atoms with van der Waals surface area (Å²) in [6.07, 6.45) is 3.75. The van der Waals surface area contributed by atoms with Gasteiger partial charge in [-0.2, -0.15) is 0 Å². The van der Waals surface area contributed by atoms with Gasteiger partial charge in [0, 0.05) is 39.4 Å². The van der Waals surface area contributed by atoms with E-state index in [4.69, 9.17) is 14.2 Å². The number of hydrogen-bond acceptors (Lipinski definition) is 5. The first-order chi connectivity index (χ1) is 11.8. The molecular formula is C17H35IN4O3. The fourth-order valence-electron chi connectivity index (χ4n) is 3.16. The molecule has 25 heavy (non-hydrogen) atoms. The number of hydrogen-bond donors (Lipinski definition) is 2. The lowest BCUT2D eigenvalue weighted by atomic mass is 10.2. The number of ether oxygens (including phenoxy) is 3. The van der Waals surface area contributed by atoms with Crippen LogP contribution in [0.15, 0.2) is 4.99 Å². The number of fused-ring (bicyclic) bond motifs is 1. The minimum atomic E-state index is 0. The summed E-state index contributed by atoms with van der Waals surface area (Å²) in [4.78, 5) is 7.24. The van der Waals surface area contributed by atoms with Crippen molar-refractivity contribution in [3.8, 4) is 0 Å². The molecule has 0 saturated carbocycles. The number of halogens is 1. The molecule has 0 aromatic heterocycles. The Morgan fingerprint density at radius 2 is 2.16 bits per heavy atom. The lowest BCUT2D eigenvalue weighted by molar-refractivity contribution is -0.0432. The van der Waals surface area contributed by atoms with E-state index in [0.29, 0.717) is 25.8 Å². The van der Waals surface area contributed by atoms with Gasteiger partial charge in [0.25, 0.3) is 0 Å². The van der Waals surface area contributed by atoms with Crippen LogP contribution < -0.4 is 10.6 Å². The molecular weight excluding hydrogens is 435 g/mol. The zero-order valence-electron chi connectivity index (χ0n) is 15.7. The fraction of sp³-hybridized carbons (Fsp3) is 0.941. The summed E-state index contributed by atoms with van der Waals surface area (Å²) in [7, 11) is 1.68. The van der Waals surface area contributed by atoms with E-state index in [1.54, 1.807) is 7.11 Å². The fourth-order valence-corrected chi connectivity index (χ4v) is 3.16. The summed E-state index contributed by atoms with van der Waals surface area (Å²) in [5, 5.41) is 6.64. The highest BCUT2D eigenvalue weighted by Gasteiger charge is 2.31. The van der Waals surface area contributed by atoms with Gasteiger partial charge in [-0.25, -0.2) is 0 Å². The largest absolute Gasteiger partial charge is 0.382 e. The summed E-state index contributed by atoms with van der Waals surface area (Å²) in [6, 6.07) is 0.648. The Bertz CT molecular complexity index is 374. The minimum absolute atomic E-state index is 0. The normalized spacial score (nSPS) is 23.8. The lowest BCUT2D eigenvalue weighted by Crippen LogP contribution is -2.47. The van der Waals surface area contributed by atoms with Crippen molar-refractivity contribution in [2.24, 2.45) is 4.99 Å². The predicted molar refractivity (Wildman–Crippen MR) is 111 cm³/mol. The molecule has 7 nitrogen and oxygen atoms in total. The number of aliphatic imine (C=N–C) groups is 1. The summed E-state index contributed by atoms with van der Waals surface area (Å²) in [5.74, 6) is 0.863. The number of methoxy groups -OCH3 is 1. The van der Waals surface area contributed by atoms with Gasteiger partial charge in [0.15, 0.2) is 5.96 Å². The average Bonchev–Trinajstić information content (AvgIpc) is 3.06. The molecule has 2 aliphatic heterocycles. The number of morpholine rings is 1. The summed E-state index contributed by atoms with van der Waals surface area (Å²) < 4.78 is 16.4. The molecule has 2 atom stereocenters. The van der Waals surface area contributed by atoms with E-state index in [1.165, 1.54) is 19.4 Å². The second kappa shape index (κ2) is 14.0. The van der Waals surface area contributed by atoms with Crippen LogP contribution >= 0.6 is 24.0 Å². The molecule has 0 amide bonds. The van der Waals surface area contributed by atoms with Crippen molar-refractivity contribution in [2.45, 2.75) is 38.3 Å². The highest BCUT2D eigenvalue weighted by Crippen LogP contribution is 2.22. The Hall–Kier alpha value is -0.160. The first-order valence-corrected chi connectivity index (χ1v) is 9.28. The third-order valence-electron chi connectivity index (χ3n) is 4.45. The van der Waals surface area contributed by atoms with Crippen LogP contribution in [-0.2, 0) is 14.2 Å². The van der Waals surface area contributed by atoms with E-state index in [1.807, 2.05) is 0 Å². The van der Waals surface area contributed by atoms with Crippen molar-refractivity contribution in [3.05, 3.63) is 0 Å². The van der Waals surface area contributed by atoms with Gasteiger partial charge in [-0.1, -0.05) is 0 Å². The number of nitrogens with one attached hydrogen (secondary N) is 2. The Balaban J connectivity index is 0.00000312. The monoisotopic (exact) mass is 470 g/mol. The van der Waals surface area contributed by atoms with Crippen molar-refractivity contribution in [1.29, 1.82) is 0 Å². The first-order valence-electron chi connectivity index (χ1n) is 9.28. The van der Waals surface area contributed by atoms with E-state index in [2.05, 4.69) is 27.4 Å². The second-order valence-electron chi connectivity index (χ2n) is 6.35. The SMILES string of the molecule is CCNC(=NCC1CN2CCCC2CO1)NCCCOCCOC.I. The third-order valence-corrected chi connectivity index (χ3v) is 4.45. The standard InChI is InChI=1S/C17H34N4O3.HI/c1-3-18-17(19-7-5-9-23-11-10-22-2)20-12-16-13-21-8-4-6-15(21)14-24-16;/h15-16H,3-14H2,1-2H3,(H2,18,19,20);1H. The molecule has 0 aromatic carbocycles. The quantitative estimate of drug-likeness (QED) is 0.216. The molecule has 0 spiro atoms. The Kier molecular flexibility index (Phi) is 12.8. The molecule has 148 valence electrons. The summed E-state index contributed by atoms with van der Waals surface area (Å²) >= 11 is 0. The molecule has 2 saturated heterocycles. The van der Waals surface area contributed by atoms with E-state index in [9.17, 15) is 0 Å². The Morgan fingerprint density at radius 1 is 1.28 bits per heavy atom. The van der Waals surface area contributed by atoms with Crippen LogP contribution in [0.25, 0.3) is 0 Å². The van der Waals surface area contributed by atoms with Crippen molar-refractivity contribution in [2.75, 3.05) is 66.3 Å². The minimum Gasteiger partial charge on any atom is -0.382 e. The molecule has 0 aromatic rings. The highest BCUT2D eigenvalue weighted by atomic mass is 127. The van der Waals surface area contributed by atoms with Crippen molar-refractivity contribution in [3.63, 3.8) is 0 Å². The van der Waals surface area contributed by atoms with Crippen LogP contribution in [0, 0.1) is 0 Å². The molecule has 8 heteroatoms. The molecule has 2 fully saturated rings. The van der Waals surface area contributed by atoms with E-state index in [-0.39, 0.29) is 30.1 Å². The van der Waals surface area contributed by atoms with Gasteiger partial charge < -0.3 is 24.8 Å². The van der Waals surface area contributed by atoms with Gasteiger partial charge in [-0.05, 0) is 32.7 Å². The lowest BCUT2D eigenvalue weighted by Gasteiger charge is -2.34. The van der Waals surface area contributed by atoms with Crippen LogP contribution in [0.1, 0.15) is 26.2 Å². The highest BCUT2D eigenvalue weighted by molar-refractivity contribution is 14.0. The van der Waals surface area contributed by atoms with E-state index >= 15 is 0 Å². The van der Waals surface area contributed by atoms with Gasteiger partial charge >= 0.3 is 0 Å². The van der Waals surface area contributed by atoms with E-state index in [0.717, 1.165) is 45.2 Å². The number of nitrogens with zero attached hydrogens (tertiary/aromatic N) is 2. The molecule has 2 unspecified atom stereocenters. The van der Waals surface area contributed by atoms with Crippen molar-refractivity contribution in [1.82, 2.24) is 15.5 Å². The van der Waals surface area contributed by atoms with Crippen molar-refractivity contribution >= 4 is 29.9 Å². The summed E-state index contributed by atoms with van der Waals surface area (Å²) in [5.41, 5.74) is 0. The third kappa shape index (κ3) is 8.85. The molecule has 0 radical (unpaired) electrons. The first kappa shape index (κ1) is 22.9. The zero-order valence-corrected chi connectivity index (χ0v) is 18.0. The van der Waals surface area contributed by atoms with Gasteiger partial charge in [0.2, 0.25) is 0 Å². The second-order valence-corrected chi connectivity index (χ2v) is 6.35. The van der Waals surface area contributed by atoms with Crippen LogP contribution in [-0.4, -0.2) is 89.3 Å². The maximum absolute atomic E-state index is 5.96. The van der Waals surface area contributed by atoms with Crippen LogP contribution in [0.4, 0.5) is 0 Å². The molecule has 2 N–H and O–H groups in total. The van der Waals surface area contributed by atoms with E-state index < -0.39 is 0 Å². The molecule has 0 aliphatic carbocycles. The van der Waals surface area contributed by atoms with Crippen LogP contribution in [0.2, 0.25) is 0 Å². The Labute approximate surface area is 169 Å². The maximum atomic E-state index is 5.96. The van der Waals surface area contributed by atoms with Gasteiger partial charge in [-0.15, -0.1) is 24.0 Å². The zero-order chi connectivity index (χ0) is 17.0. The molecule has 2 aliphatic rings. The van der Waals surface area contributed by atoms with Crippen LogP contribution in [0.3, 0.4) is 0 Å². The molecule has 0 bridgehead atoms. The predicted octanol–water partition coefficient (Wildman–Crippen LogP) is 1.08. The van der Waals surface area contributed by atoms with Gasteiger partial charge in [0.05, 0.1) is 32.5 Å². The van der Waals surface area contributed by atoms with Gasteiger partial charge in [-0.3, -0.25) is 9.89 Å². The van der Waals surface area contributed by atoms with Gasteiger partial charge in [0.1, 0.15) is 0 Å². The number of rotatable bonds is 10. The Morgan fingerprint density at radius 3 is 2.96 bits per heavy atom. The topological polar surface area (TPSA) is 67.4 Å². The van der Waals surface area contributed by atoms with Crippen LogP contribution in [0.5, 0.6) is 0 Å². The number of guanidine groups is 1. The molecule has 2 heterocycles. The van der Waals surface area contributed by atoms with Crippen molar-refractivity contribution < 1.29 is 14.2 Å². The smallest absolute Gasteiger partial charge is 0.191 e. The average molecular weight is 470 g/mol. The summed E-state index contributed by atoms with van der Waals surface area (Å²) in [6.45, 7) is 9.63. The maximum Gasteiger partial charge on any atom is 0.191 e. The molecule has 2 rings (SSSR count).